The van der Waals surface area contributed by atoms with Crippen molar-refractivity contribution in [2.45, 2.75) is 6.42 Å². The number of thiazole rings is 1. The molecule has 25 heavy (non-hydrogen) atoms. The van der Waals surface area contributed by atoms with Crippen LogP contribution < -0.4 is 5.43 Å². The van der Waals surface area contributed by atoms with Crippen LogP contribution in [0.3, 0.4) is 0 Å². The van der Waals surface area contributed by atoms with Crippen molar-refractivity contribution in [1.82, 2.24) is 10.4 Å². The minimum Gasteiger partial charge on any atom is -0.273 e. The molecule has 0 aliphatic heterocycles. The molecule has 1 heterocycles. The normalized spacial score (nSPS) is 11.0. The summed E-state index contributed by atoms with van der Waals surface area (Å²) in [5.74, 6) is -1.90. The Morgan fingerprint density at radius 2 is 1.84 bits per heavy atom. The number of rotatable bonds is 5. The fourth-order valence-corrected chi connectivity index (χ4v) is 2.92. The molecule has 0 fully saturated rings. The number of hydrogen-bond acceptors (Lipinski definition) is 4. The van der Waals surface area contributed by atoms with Crippen molar-refractivity contribution in [2.24, 2.45) is 5.10 Å². The number of hydrazone groups is 1. The fraction of sp³-hybridized carbons (Fsp3) is 0.0556. The van der Waals surface area contributed by atoms with Crippen molar-refractivity contribution in [3.05, 3.63) is 76.1 Å². The molecule has 1 amide bonds. The number of nitrogens with one attached hydrogen (secondary N) is 1. The first kappa shape index (κ1) is 16.9. The average Bonchev–Trinajstić information content (AvgIpc) is 3.07. The summed E-state index contributed by atoms with van der Waals surface area (Å²) in [6, 6.07) is 13.1. The molecule has 4 nitrogen and oxygen atoms in total. The van der Waals surface area contributed by atoms with Gasteiger partial charge < -0.3 is 0 Å². The number of carbonyl (C=O) groups excluding carboxylic acids is 1. The summed E-state index contributed by atoms with van der Waals surface area (Å²) in [7, 11) is 0. The lowest BCUT2D eigenvalue weighted by atomic mass is 10.2. The molecule has 0 unspecified atom stereocenters. The van der Waals surface area contributed by atoms with Crippen LogP contribution in [0.25, 0.3) is 11.3 Å². The highest BCUT2D eigenvalue weighted by Crippen LogP contribution is 2.21. The molecule has 126 valence electrons. The summed E-state index contributed by atoms with van der Waals surface area (Å²) < 4.78 is 26.9. The Morgan fingerprint density at radius 3 is 2.56 bits per heavy atom. The summed E-state index contributed by atoms with van der Waals surface area (Å²) in [5.41, 5.74) is 3.71. The SMILES string of the molecule is O=C(Cc1nc(-c2ccccc2)cs1)N/N=C\c1c(F)cccc1F. The summed E-state index contributed by atoms with van der Waals surface area (Å²) in [6.45, 7) is 0. The molecule has 3 rings (SSSR count). The molecule has 7 heteroatoms. The van der Waals surface area contributed by atoms with Crippen molar-refractivity contribution in [2.75, 3.05) is 0 Å². The maximum absolute atomic E-state index is 13.4. The van der Waals surface area contributed by atoms with E-state index in [0.29, 0.717) is 5.01 Å². The van der Waals surface area contributed by atoms with Gasteiger partial charge >= 0.3 is 0 Å². The molecule has 3 aromatic rings. The minimum atomic E-state index is -0.745. The lowest BCUT2D eigenvalue weighted by Gasteiger charge is -1.99. The minimum absolute atomic E-state index is 0.0363. The third-order valence-corrected chi connectivity index (χ3v) is 4.16. The van der Waals surface area contributed by atoms with Crippen molar-refractivity contribution in [1.29, 1.82) is 0 Å². The van der Waals surface area contributed by atoms with Gasteiger partial charge in [0, 0.05) is 10.9 Å². The van der Waals surface area contributed by atoms with E-state index in [-0.39, 0.29) is 12.0 Å². The lowest BCUT2D eigenvalue weighted by molar-refractivity contribution is -0.120. The van der Waals surface area contributed by atoms with Gasteiger partial charge in [0.25, 0.3) is 0 Å². The maximum Gasteiger partial charge on any atom is 0.246 e. The van der Waals surface area contributed by atoms with Crippen LogP contribution in [0, 0.1) is 11.6 Å². The van der Waals surface area contributed by atoms with Crippen LogP contribution in [0.2, 0.25) is 0 Å². The molecule has 0 spiro atoms. The van der Waals surface area contributed by atoms with Gasteiger partial charge in [0.05, 0.1) is 23.9 Å². The van der Waals surface area contributed by atoms with Gasteiger partial charge in [-0.25, -0.2) is 19.2 Å². The van der Waals surface area contributed by atoms with Gasteiger partial charge in [-0.1, -0.05) is 36.4 Å². The molecule has 1 N–H and O–H groups in total. The van der Waals surface area contributed by atoms with E-state index < -0.39 is 17.5 Å². The van der Waals surface area contributed by atoms with Crippen molar-refractivity contribution >= 4 is 23.5 Å². The largest absolute Gasteiger partial charge is 0.273 e. The van der Waals surface area contributed by atoms with Crippen LogP contribution >= 0.6 is 11.3 Å². The van der Waals surface area contributed by atoms with Crippen molar-refractivity contribution in [3.63, 3.8) is 0 Å². The van der Waals surface area contributed by atoms with E-state index in [1.54, 1.807) is 0 Å². The van der Waals surface area contributed by atoms with E-state index in [1.807, 2.05) is 35.7 Å². The van der Waals surface area contributed by atoms with Gasteiger partial charge in [-0.05, 0) is 12.1 Å². The van der Waals surface area contributed by atoms with Gasteiger partial charge in [-0.3, -0.25) is 4.79 Å². The molecular weight excluding hydrogens is 344 g/mol. The fourth-order valence-electron chi connectivity index (χ4n) is 2.11. The molecule has 1 aromatic heterocycles. The smallest absolute Gasteiger partial charge is 0.246 e. The number of nitrogens with zero attached hydrogens (tertiary/aromatic N) is 2. The van der Waals surface area contributed by atoms with E-state index >= 15 is 0 Å². The molecular formula is C18H13F2N3OS. The van der Waals surface area contributed by atoms with E-state index in [0.717, 1.165) is 29.6 Å². The number of carbonyl (C=O) groups is 1. The topological polar surface area (TPSA) is 54.4 Å². The standard InChI is InChI=1S/C18H13F2N3OS/c19-14-7-4-8-15(20)13(14)10-21-23-17(24)9-18-22-16(11-25-18)12-5-2-1-3-6-12/h1-8,10-11H,9H2,(H,23,24)/b21-10-. The summed E-state index contributed by atoms with van der Waals surface area (Å²) >= 11 is 1.36. The molecule has 0 saturated heterocycles. The average molecular weight is 357 g/mol. The summed E-state index contributed by atoms with van der Waals surface area (Å²) in [5, 5.41) is 6.10. The second-order valence-electron chi connectivity index (χ2n) is 5.10. The van der Waals surface area contributed by atoms with Crippen LogP contribution in [-0.2, 0) is 11.2 Å². The van der Waals surface area contributed by atoms with E-state index in [9.17, 15) is 13.6 Å². The van der Waals surface area contributed by atoms with Crippen LogP contribution in [0.4, 0.5) is 8.78 Å². The molecule has 0 atom stereocenters. The molecule has 2 aromatic carbocycles. The van der Waals surface area contributed by atoms with E-state index in [1.165, 1.54) is 17.4 Å². The Kier molecular flexibility index (Phi) is 5.25. The lowest BCUT2D eigenvalue weighted by Crippen LogP contribution is -2.19. The zero-order chi connectivity index (χ0) is 17.6. The van der Waals surface area contributed by atoms with Crippen LogP contribution in [0.15, 0.2) is 59.0 Å². The van der Waals surface area contributed by atoms with E-state index in [4.69, 9.17) is 0 Å². The van der Waals surface area contributed by atoms with Gasteiger partial charge in [0.15, 0.2) is 0 Å². The van der Waals surface area contributed by atoms with Crippen molar-refractivity contribution < 1.29 is 13.6 Å². The summed E-state index contributed by atoms with van der Waals surface area (Å²) in [6.07, 6.45) is 0.981. The first-order valence-corrected chi connectivity index (χ1v) is 8.27. The monoisotopic (exact) mass is 357 g/mol. The van der Waals surface area contributed by atoms with Crippen LogP contribution in [0.5, 0.6) is 0 Å². The first-order chi connectivity index (χ1) is 12.1. The molecule has 0 aliphatic rings. The second-order valence-corrected chi connectivity index (χ2v) is 6.04. The number of amides is 1. The maximum atomic E-state index is 13.4. The van der Waals surface area contributed by atoms with E-state index in [2.05, 4.69) is 15.5 Å². The van der Waals surface area contributed by atoms with Crippen LogP contribution in [-0.4, -0.2) is 17.1 Å². The highest BCUT2D eigenvalue weighted by Gasteiger charge is 2.09. The molecule has 0 aliphatic carbocycles. The van der Waals surface area contributed by atoms with Crippen LogP contribution in [0.1, 0.15) is 10.6 Å². The van der Waals surface area contributed by atoms with Gasteiger partial charge in [-0.2, -0.15) is 5.10 Å². The number of halogens is 2. The Bertz CT molecular complexity index is 889. The Morgan fingerprint density at radius 1 is 1.12 bits per heavy atom. The Labute approximate surface area is 146 Å². The zero-order valence-corrected chi connectivity index (χ0v) is 13.8. The van der Waals surface area contributed by atoms with Crippen molar-refractivity contribution in [3.8, 4) is 11.3 Å². The third-order valence-electron chi connectivity index (χ3n) is 3.32. The predicted octanol–water partition coefficient (Wildman–Crippen LogP) is 3.78. The highest BCUT2D eigenvalue weighted by molar-refractivity contribution is 7.10. The predicted molar refractivity (Wildman–Crippen MR) is 93.3 cm³/mol. The number of benzene rings is 2. The second kappa shape index (κ2) is 7.76. The first-order valence-electron chi connectivity index (χ1n) is 7.39. The van der Waals surface area contributed by atoms with Gasteiger partial charge in [-0.15, -0.1) is 11.3 Å². The summed E-state index contributed by atoms with van der Waals surface area (Å²) in [4.78, 5) is 16.3. The number of aromatic nitrogens is 1. The highest BCUT2D eigenvalue weighted by atomic mass is 32.1. The zero-order valence-electron chi connectivity index (χ0n) is 12.9. The molecule has 0 radical (unpaired) electrons. The van der Waals surface area contributed by atoms with Gasteiger partial charge in [0.2, 0.25) is 5.91 Å². The third kappa shape index (κ3) is 4.33. The molecule has 0 saturated carbocycles. The quantitative estimate of drug-likeness (QED) is 0.558. The Hall–Kier alpha value is -2.93. The molecule has 0 bridgehead atoms. The Balaban J connectivity index is 1.60. The number of hydrogen-bond donors (Lipinski definition) is 1. The van der Waals surface area contributed by atoms with Gasteiger partial charge in [0.1, 0.15) is 16.6 Å².